The van der Waals surface area contributed by atoms with E-state index in [0.717, 1.165) is 11.1 Å². The topological polar surface area (TPSA) is 96.3 Å². The summed E-state index contributed by atoms with van der Waals surface area (Å²) >= 11 is 0. The van der Waals surface area contributed by atoms with E-state index < -0.39 is 6.04 Å². The fraction of sp³-hybridized carbons (Fsp3) is 0.286. The highest BCUT2D eigenvalue weighted by Gasteiger charge is 2.24. The summed E-state index contributed by atoms with van der Waals surface area (Å²) in [4.78, 5) is 29.2. The highest BCUT2D eigenvalue weighted by atomic mass is 16.3. The standard InChI is InChI=1S/C21H24N4O3/c1-13(2)19(25-21(27)22-12-15-7-5-4-6-8-15)20(26)24-16-9-10-17-18(11-16)28-14(3)23-17/h4-11,13,19H,12H2,1-3H3,(H,24,26)(H2,22,25,27). The van der Waals surface area contributed by atoms with Crippen LogP contribution in [0, 0.1) is 12.8 Å². The Bertz CT molecular complexity index is 966. The van der Waals surface area contributed by atoms with Crippen molar-refractivity contribution < 1.29 is 14.0 Å². The summed E-state index contributed by atoms with van der Waals surface area (Å²) in [6.45, 7) is 5.92. The number of amides is 3. The normalized spacial score (nSPS) is 12.0. The van der Waals surface area contributed by atoms with Gasteiger partial charge in [0.05, 0.1) is 0 Å². The molecule has 3 aromatic rings. The lowest BCUT2D eigenvalue weighted by molar-refractivity contribution is -0.118. The molecule has 7 heteroatoms. The lowest BCUT2D eigenvalue weighted by Gasteiger charge is -2.22. The molecule has 0 saturated carbocycles. The van der Waals surface area contributed by atoms with Gasteiger partial charge in [-0.1, -0.05) is 44.2 Å². The summed E-state index contributed by atoms with van der Waals surface area (Å²) in [5.74, 6) is 0.189. The van der Waals surface area contributed by atoms with Crippen LogP contribution in [0.3, 0.4) is 0 Å². The first-order valence-electron chi connectivity index (χ1n) is 9.18. The van der Waals surface area contributed by atoms with Gasteiger partial charge in [-0.3, -0.25) is 4.79 Å². The van der Waals surface area contributed by atoms with E-state index in [1.54, 1.807) is 25.1 Å². The van der Waals surface area contributed by atoms with Crippen molar-refractivity contribution in [2.45, 2.75) is 33.4 Å². The molecule has 7 nitrogen and oxygen atoms in total. The van der Waals surface area contributed by atoms with Crippen LogP contribution in [0.4, 0.5) is 10.5 Å². The number of fused-ring (bicyclic) bond motifs is 1. The zero-order chi connectivity index (χ0) is 20.1. The Hall–Kier alpha value is -3.35. The smallest absolute Gasteiger partial charge is 0.315 e. The van der Waals surface area contributed by atoms with Crippen LogP contribution in [-0.2, 0) is 11.3 Å². The molecule has 1 heterocycles. The molecule has 1 aromatic heterocycles. The molecule has 146 valence electrons. The van der Waals surface area contributed by atoms with Crippen LogP contribution in [-0.4, -0.2) is 23.0 Å². The molecule has 28 heavy (non-hydrogen) atoms. The van der Waals surface area contributed by atoms with E-state index in [4.69, 9.17) is 4.42 Å². The molecule has 0 aliphatic rings. The van der Waals surface area contributed by atoms with Crippen molar-refractivity contribution >= 4 is 28.7 Å². The SMILES string of the molecule is Cc1nc2ccc(NC(=O)C(NC(=O)NCc3ccccc3)C(C)C)cc2o1. The number of nitrogens with zero attached hydrogens (tertiary/aromatic N) is 1. The fourth-order valence-corrected chi connectivity index (χ4v) is 2.84. The van der Waals surface area contributed by atoms with E-state index in [1.165, 1.54) is 0 Å². The number of urea groups is 1. The molecule has 3 N–H and O–H groups in total. The third-order valence-corrected chi connectivity index (χ3v) is 4.29. The van der Waals surface area contributed by atoms with Crippen molar-refractivity contribution in [1.82, 2.24) is 15.6 Å². The second kappa shape index (κ2) is 8.56. The van der Waals surface area contributed by atoms with E-state index >= 15 is 0 Å². The number of benzene rings is 2. The lowest BCUT2D eigenvalue weighted by atomic mass is 10.0. The quantitative estimate of drug-likeness (QED) is 0.609. The molecular formula is C21H24N4O3. The first-order valence-corrected chi connectivity index (χ1v) is 9.18. The van der Waals surface area contributed by atoms with Gasteiger partial charge in [-0.2, -0.15) is 0 Å². The van der Waals surface area contributed by atoms with E-state index in [1.807, 2.05) is 44.2 Å². The molecule has 0 radical (unpaired) electrons. The Morgan fingerprint density at radius 1 is 1.11 bits per heavy atom. The van der Waals surface area contributed by atoms with E-state index in [2.05, 4.69) is 20.9 Å². The minimum Gasteiger partial charge on any atom is -0.441 e. The zero-order valence-electron chi connectivity index (χ0n) is 16.2. The monoisotopic (exact) mass is 380 g/mol. The minimum atomic E-state index is -0.678. The number of oxazole rings is 1. The average Bonchev–Trinajstić information content (AvgIpc) is 3.04. The second-order valence-electron chi connectivity index (χ2n) is 6.94. The molecule has 0 bridgehead atoms. The number of anilines is 1. The third-order valence-electron chi connectivity index (χ3n) is 4.29. The van der Waals surface area contributed by atoms with Gasteiger partial charge in [-0.25, -0.2) is 9.78 Å². The maximum absolute atomic E-state index is 12.7. The first kappa shape index (κ1) is 19.4. The lowest BCUT2D eigenvalue weighted by Crippen LogP contribution is -2.50. The van der Waals surface area contributed by atoms with Gasteiger partial charge in [0, 0.05) is 25.2 Å². The number of aromatic nitrogens is 1. The van der Waals surface area contributed by atoms with Crippen LogP contribution < -0.4 is 16.0 Å². The molecule has 0 fully saturated rings. The van der Waals surface area contributed by atoms with Crippen LogP contribution in [0.1, 0.15) is 25.3 Å². The van der Waals surface area contributed by atoms with Gasteiger partial charge in [0.15, 0.2) is 11.5 Å². The number of carbonyl (C=O) groups is 2. The summed E-state index contributed by atoms with van der Waals surface area (Å²) in [6.07, 6.45) is 0. The van der Waals surface area contributed by atoms with E-state index in [9.17, 15) is 9.59 Å². The fourth-order valence-electron chi connectivity index (χ4n) is 2.84. The van der Waals surface area contributed by atoms with Crippen LogP contribution in [0.2, 0.25) is 0 Å². The largest absolute Gasteiger partial charge is 0.441 e. The summed E-state index contributed by atoms with van der Waals surface area (Å²) in [6, 6.07) is 13.8. The van der Waals surface area contributed by atoms with E-state index in [0.29, 0.717) is 23.7 Å². The first-order chi connectivity index (χ1) is 13.4. The third kappa shape index (κ3) is 4.88. The average molecular weight is 380 g/mol. The second-order valence-corrected chi connectivity index (χ2v) is 6.94. The van der Waals surface area contributed by atoms with Crippen molar-refractivity contribution in [2.24, 2.45) is 5.92 Å². The molecule has 0 aliphatic carbocycles. The molecule has 1 unspecified atom stereocenters. The summed E-state index contributed by atoms with van der Waals surface area (Å²) in [5.41, 5.74) is 2.91. The van der Waals surface area contributed by atoms with Gasteiger partial charge in [0.25, 0.3) is 0 Å². The summed E-state index contributed by atoms with van der Waals surface area (Å²) < 4.78 is 5.49. The van der Waals surface area contributed by atoms with Gasteiger partial charge >= 0.3 is 6.03 Å². The molecule has 1 atom stereocenters. The maximum Gasteiger partial charge on any atom is 0.315 e. The Balaban J connectivity index is 1.61. The molecule has 0 saturated heterocycles. The van der Waals surface area contributed by atoms with Crippen molar-refractivity contribution in [1.29, 1.82) is 0 Å². The van der Waals surface area contributed by atoms with Crippen LogP contribution in [0.15, 0.2) is 52.9 Å². The number of aryl methyl sites for hydroxylation is 1. The molecule has 2 aromatic carbocycles. The van der Waals surface area contributed by atoms with Gasteiger partial charge in [-0.15, -0.1) is 0 Å². The number of rotatable bonds is 6. The van der Waals surface area contributed by atoms with E-state index in [-0.39, 0.29) is 17.9 Å². The Morgan fingerprint density at radius 3 is 2.57 bits per heavy atom. The van der Waals surface area contributed by atoms with Crippen molar-refractivity contribution in [3.8, 4) is 0 Å². The number of hydrogen-bond acceptors (Lipinski definition) is 4. The van der Waals surface area contributed by atoms with Crippen molar-refractivity contribution in [3.05, 3.63) is 60.0 Å². The predicted molar refractivity (Wildman–Crippen MR) is 108 cm³/mol. The van der Waals surface area contributed by atoms with Gasteiger partial charge in [0.2, 0.25) is 5.91 Å². The minimum absolute atomic E-state index is 0.0845. The molecule has 3 rings (SSSR count). The molecule has 0 aliphatic heterocycles. The Kier molecular flexibility index (Phi) is 5.93. The van der Waals surface area contributed by atoms with Crippen LogP contribution in [0.5, 0.6) is 0 Å². The number of nitrogens with one attached hydrogen (secondary N) is 3. The summed E-state index contributed by atoms with van der Waals surface area (Å²) in [7, 11) is 0. The van der Waals surface area contributed by atoms with Crippen LogP contribution >= 0.6 is 0 Å². The zero-order valence-corrected chi connectivity index (χ0v) is 16.2. The van der Waals surface area contributed by atoms with Gasteiger partial charge < -0.3 is 20.4 Å². The van der Waals surface area contributed by atoms with Gasteiger partial charge in [0.1, 0.15) is 11.6 Å². The molecule has 3 amide bonds. The number of carbonyl (C=O) groups excluding carboxylic acids is 2. The number of hydrogen-bond donors (Lipinski definition) is 3. The highest BCUT2D eigenvalue weighted by Crippen LogP contribution is 2.20. The van der Waals surface area contributed by atoms with Crippen molar-refractivity contribution in [2.75, 3.05) is 5.32 Å². The van der Waals surface area contributed by atoms with Gasteiger partial charge in [-0.05, 0) is 23.6 Å². The summed E-state index contributed by atoms with van der Waals surface area (Å²) in [5, 5.41) is 8.36. The van der Waals surface area contributed by atoms with Crippen molar-refractivity contribution in [3.63, 3.8) is 0 Å². The molecule has 0 spiro atoms. The maximum atomic E-state index is 12.7. The predicted octanol–water partition coefficient (Wildman–Crippen LogP) is 3.60. The van der Waals surface area contributed by atoms with Crippen LogP contribution in [0.25, 0.3) is 11.1 Å². The highest BCUT2D eigenvalue weighted by molar-refractivity contribution is 5.98. The Labute approximate surface area is 163 Å². The Morgan fingerprint density at radius 2 is 1.86 bits per heavy atom. The molecular weight excluding hydrogens is 356 g/mol.